The van der Waals surface area contributed by atoms with Gasteiger partial charge >= 0.3 is 0 Å². The molecule has 1 unspecified atom stereocenters. The minimum atomic E-state index is 0.452. The third-order valence-corrected chi connectivity index (χ3v) is 3.72. The largest absolute Gasteiger partial charge is 0.376 e. The number of hydrogen-bond acceptors (Lipinski definition) is 4. The SMILES string of the molecule is CN1CCOC(CN2CCN(C)CC2)CC1. The molecule has 2 aliphatic rings. The van der Waals surface area contributed by atoms with Crippen molar-refractivity contribution in [1.29, 1.82) is 0 Å². The Kier molecular flexibility index (Phi) is 4.58. The molecule has 2 heterocycles. The van der Waals surface area contributed by atoms with E-state index in [0.717, 1.165) is 19.7 Å². The van der Waals surface area contributed by atoms with Crippen molar-refractivity contribution in [1.82, 2.24) is 14.7 Å². The zero-order valence-corrected chi connectivity index (χ0v) is 10.7. The van der Waals surface area contributed by atoms with Crippen LogP contribution in [0.25, 0.3) is 0 Å². The predicted molar refractivity (Wildman–Crippen MR) is 65.8 cm³/mol. The van der Waals surface area contributed by atoms with Crippen LogP contribution in [0.2, 0.25) is 0 Å². The number of hydrogen-bond donors (Lipinski definition) is 0. The zero-order valence-electron chi connectivity index (χ0n) is 10.7. The molecule has 0 bridgehead atoms. The second-order valence-corrected chi connectivity index (χ2v) is 5.19. The van der Waals surface area contributed by atoms with Gasteiger partial charge in [0.05, 0.1) is 12.7 Å². The molecule has 1 atom stereocenters. The van der Waals surface area contributed by atoms with Crippen molar-refractivity contribution in [3.8, 4) is 0 Å². The van der Waals surface area contributed by atoms with E-state index in [9.17, 15) is 0 Å². The fraction of sp³-hybridized carbons (Fsp3) is 1.00. The van der Waals surface area contributed by atoms with Crippen LogP contribution in [0.1, 0.15) is 6.42 Å². The molecule has 0 N–H and O–H groups in total. The fourth-order valence-corrected chi connectivity index (χ4v) is 2.40. The molecule has 2 saturated heterocycles. The Balaban J connectivity index is 1.72. The zero-order chi connectivity index (χ0) is 11.4. The summed E-state index contributed by atoms with van der Waals surface area (Å²) >= 11 is 0. The van der Waals surface area contributed by atoms with Crippen LogP contribution in [0.15, 0.2) is 0 Å². The van der Waals surface area contributed by atoms with Crippen molar-refractivity contribution in [2.24, 2.45) is 0 Å². The fourth-order valence-electron chi connectivity index (χ4n) is 2.40. The van der Waals surface area contributed by atoms with E-state index in [1.54, 1.807) is 0 Å². The second kappa shape index (κ2) is 5.96. The van der Waals surface area contributed by atoms with Crippen LogP contribution in [-0.4, -0.2) is 87.3 Å². The molecule has 0 aromatic carbocycles. The van der Waals surface area contributed by atoms with Crippen molar-refractivity contribution in [2.45, 2.75) is 12.5 Å². The quantitative estimate of drug-likeness (QED) is 0.658. The predicted octanol–water partition coefficient (Wildman–Crippen LogP) is -0.0455. The summed E-state index contributed by atoms with van der Waals surface area (Å²) in [6.07, 6.45) is 1.64. The maximum atomic E-state index is 5.91. The van der Waals surface area contributed by atoms with Gasteiger partial charge in [-0.3, -0.25) is 4.90 Å². The number of likely N-dealkylation sites (N-methyl/N-ethyl adjacent to an activating group) is 2. The summed E-state index contributed by atoms with van der Waals surface area (Å²) in [5.41, 5.74) is 0. The molecule has 4 heteroatoms. The summed E-state index contributed by atoms with van der Waals surface area (Å²) in [4.78, 5) is 7.32. The van der Waals surface area contributed by atoms with Crippen molar-refractivity contribution < 1.29 is 4.74 Å². The molecular weight excluding hydrogens is 202 g/mol. The van der Waals surface area contributed by atoms with Crippen molar-refractivity contribution in [3.05, 3.63) is 0 Å². The van der Waals surface area contributed by atoms with Crippen molar-refractivity contribution in [3.63, 3.8) is 0 Å². The monoisotopic (exact) mass is 227 g/mol. The van der Waals surface area contributed by atoms with Gasteiger partial charge in [0.2, 0.25) is 0 Å². The van der Waals surface area contributed by atoms with E-state index >= 15 is 0 Å². The molecule has 2 aliphatic heterocycles. The number of piperazine rings is 1. The molecule has 0 aliphatic carbocycles. The maximum absolute atomic E-state index is 5.91. The second-order valence-electron chi connectivity index (χ2n) is 5.19. The molecule has 0 aromatic rings. The van der Waals surface area contributed by atoms with Crippen LogP contribution in [0, 0.1) is 0 Å². The molecule has 4 nitrogen and oxygen atoms in total. The van der Waals surface area contributed by atoms with Crippen LogP contribution in [0.5, 0.6) is 0 Å². The minimum absolute atomic E-state index is 0.452. The van der Waals surface area contributed by atoms with E-state index < -0.39 is 0 Å². The molecule has 0 amide bonds. The molecular formula is C12H25N3O. The summed E-state index contributed by atoms with van der Waals surface area (Å²) in [7, 11) is 4.38. The first kappa shape index (κ1) is 12.3. The lowest BCUT2D eigenvalue weighted by Gasteiger charge is -2.34. The van der Waals surface area contributed by atoms with Gasteiger partial charge in [0, 0.05) is 45.8 Å². The van der Waals surface area contributed by atoms with E-state index in [1.807, 2.05) is 0 Å². The van der Waals surface area contributed by atoms with Crippen LogP contribution in [-0.2, 0) is 4.74 Å². The normalized spacial score (nSPS) is 31.5. The molecule has 2 fully saturated rings. The Morgan fingerprint density at radius 2 is 1.62 bits per heavy atom. The van der Waals surface area contributed by atoms with E-state index in [0.29, 0.717) is 6.10 Å². The summed E-state index contributed by atoms with van der Waals surface area (Å²) in [5, 5.41) is 0. The average Bonchev–Trinajstić information content (AvgIpc) is 2.47. The Bertz CT molecular complexity index is 204. The summed E-state index contributed by atoms with van der Waals surface area (Å²) < 4.78 is 5.91. The van der Waals surface area contributed by atoms with Gasteiger partial charge in [-0.15, -0.1) is 0 Å². The maximum Gasteiger partial charge on any atom is 0.0714 e. The van der Waals surface area contributed by atoms with Crippen LogP contribution >= 0.6 is 0 Å². The van der Waals surface area contributed by atoms with Gasteiger partial charge in [0.1, 0.15) is 0 Å². The molecule has 2 rings (SSSR count). The van der Waals surface area contributed by atoms with Gasteiger partial charge in [-0.1, -0.05) is 0 Å². The lowest BCUT2D eigenvalue weighted by molar-refractivity contribution is 0.0229. The molecule has 94 valence electrons. The van der Waals surface area contributed by atoms with Crippen LogP contribution in [0.4, 0.5) is 0 Å². The molecule has 0 spiro atoms. The molecule has 0 aromatic heterocycles. The Labute approximate surface area is 99.1 Å². The molecule has 0 radical (unpaired) electrons. The Morgan fingerprint density at radius 1 is 0.938 bits per heavy atom. The van der Waals surface area contributed by atoms with E-state index in [2.05, 4.69) is 28.8 Å². The first-order valence-corrected chi connectivity index (χ1v) is 6.45. The first-order valence-electron chi connectivity index (χ1n) is 6.45. The van der Waals surface area contributed by atoms with Crippen molar-refractivity contribution >= 4 is 0 Å². The molecule has 0 saturated carbocycles. The highest BCUT2D eigenvalue weighted by Crippen LogP contribution is 2.09. The summed E-state index contributed by atoms with van der Waals surface area (Å²) in [5.74, 6) is 0. The van der Waals surface area contributed by atoms with Gasteiger partial charge in [-0.25, -0.2) is 0 Å². The van der Waals surface area contributed by atoms with Crippen molar-refractivity contribution in [2.75, 3.05) is 66.5 Å². The lowest BCUT2D eigenvalue weighted by atomic mass is 10.2. The lowest BCUT2D eigenvalue weighted by Crippen LogP contribution is -2.47. The Morgan fingerprint density at radius 3 is 2.38 bits per heavy atom. The smallest absolute Gasteiger partial charge is 0.0714 e. The number of nitrogens with zero attached hydrogens (tertiary/aromatic N) is 3. The summed E-state index contributed by atoms with van der Waals surface area (Å²) in [6, 6.07) is 0. The third-order valence-electron chi connectivity index (χ3n) is 3.72. The highest BCUT2D eigenvalue weighted by atomic mass is 16.5. The standard InChI is InChI=1S/C12H25N3O/c1-13-4-3-12(16-10-9-13)11-15-7-5-14(2)6-8-15/h12H,3-11H2,1-2H3. The third kappa shape index (κ3) is 3.70. The van der Waals surface area contributed by atoms with Gasteiger partial charge < -0.3 is 14.5 Å². The van der Waals surface area contributed by atoms with Gasteiger partial charge in [0.15, 0.2) is 0 Å². The van der Waals surface area contributed by atoms with Gasteiger partial charge in [0.25, 0.3) is 0 Å². The first-order chi connectivity index (χ1) is 7.74. The average molecular weight is 227 g/mol. The summed E-state index contributed by atoms with van der Waals surface area (Å²) in [6.45, 7) is 9.09. The van der Waals surface area contributed by atoms with Gasteiger partial charge in [-0.2, -0.15) is 0 Å². The minimum Gasteiger partial charge on any atom is -0.376 e. The Hall–Kier alpha value is -0.160. The topological polar surface area (TPSA) is 19.0 Å². The van der Waals surface area contributed by atoms with E-state index in [4.69, 9.17) is 4.74 Å². The van der Waals surface area contributed by atoms with Gasteiger partial charge in [-0.05, 0) is 20.5 Å². The number of ether oxygens (including phenoxy) is 1. The van der Waals surface area contributed by atoms with E-state index in [1.165, 1.54) is 39.1 Å². The number of rotatable bonds is 2. The van der Waals surface area contributed by atoms with Crippen LogP contribution in [0.3, 0.4) is 0 Å². The molecule has 16 heavy (non-hydrogen) atoms. The highest BCUT2D eigenvalue weighted by molar-refractivity contribution is 4.75. The van der Waals surface area contributed by atoms with E-state index in [-0.39, 0.29) is 0 Å². The van der Waals surface area contributed by atoms with Crippen LogP contribution < -0.4 is 0 Å². The highest BCUT2D eigenvalue weighted by Gasteiger charge is 2.20.